The van der Waals surface area contributed by atoms with Crippen LogP contribution in [0.4, 0.5) is 5.13 Å². The normalized spacial score (nSPS) is 14.7. The van der Waals surface area contributed by atoms with Crippen LogP contribution in [0, 0.1) is 12.8 Å². The van der Waals surface area contributed by atoms with Crippen molar-refractivity contribution in [3.63, 3.8) is 0 Å². The number of thiazole rings is 1. The first-order chi connectivity index (χ1) is 10.3. The summed E-state index contributed by atoms with van der Waals surface area (Å²) in [6.45, 7) is 3.57. The maximum Gasteiger partial charge on any atom is 0.203 e. The molecule has 1 aromatic heterocycles. The molecule has 2 aromatic rings. The summed E-state index contributed by atoms with van der Waals surface area (Å²) in [5, 5.41) is 7.00. The fourth-order valence-corrected chi connectivity index (χ4v) is 2.53. The summed E-state index contributed by atoms with van der Waals surface area (Å²) < 4.78 is 5.67. The van der Waals surface area contributed by atoms with Gasteiger partial charge in [-0.25, -0.2) is 4.98 Å². The molecule has 0 atom stereocenters. The van der Waals surface area contributed by atoms with Gasteiger partial charge in [-0.3, -0.25) is 5.43 Å². The summed E-state index contributed by atoms with van der Waals surface area (Å²) in [4.78, 5) is 4.29. The van der Waals surface area contributed by atoms with Crippen molar-refractivity contribution in [2.45, 2.75) is 26.4 Å². The maximum atomic E-state index is 5.67. The monoisotopic (exact) mass is 301 g/mol. The van der Waals surface area contributed by atoms with Crippen molar-refractivity contribution in [2.24, 2.45) is 11.0 Å². The lowest BCUT2D eigenvalue weighted by atomic mass is 10.1. The highest BCUT2D eigenvalue weighted by Crippen LogP contribution is 2.29. The first-order valence-electron chi connectivity index (χ1n) is 7.17. The lowest BCUT2D eigenvalue weighted by Gasteiger charge is -2.03. The quantitative estimate of drug-likeness (QED) is 0.624. The van der Waals surface area contributed by atoms with Crippen LogP contribution in [0.5, 0.6) is 0 Å². The average molecular weight is 301 g/mol. The average Bonchev–Trinajstić information content (AvgIpc) is 3.22. The second-order valence-electron chi connectivity index (χ2n) is 5.36. The Morgan fingerprint density at radius 2 is 2.19 bits per heavy atom. The highest BCUT2D eigenvalue weighted by Gasteiger charge is 2.20. The fraction of sp³-hybridized carbons (Fsp3) is 0.375. The summed E-state index contributed by atoms with van der Waals surface area (Å²) in [6, 6.07) is 8.27. The number of hydrogen-bond donors (Lipinski definition) is 1. The molecular weight excluding hydrogens is 282 g/mol. The van der Waals surface area contributed by atoms with Crippen LogP contribution in [0.2, 0.25) is 0 Å². The van der Waals surface area contributed by atoms with E-state index in [9.17, 15) is 0 Å². The highest BCUT2D eigenvalue weighted by molar-refractivity contribution is 7.13. The third kappa shape index (κ3) is 4.65. The van der Waals surface area contributed by atoms with E-state index in [1.54, 1.807) is 17.6 Å². The smallest absolute Gasteiger partial charge is 0.203 e. The van der Waals surface area contributed by atoms with Gasteiger partial charge in [0.1, 0.15) is 0 Å². The molecule has 1 N–H and O–H groups in total. The molecule has 0 amide bonds. The third-order valence-corrected chi connectivity index (χ3v) is 4.16. The van der Waals surface area contributed by atoms with Crippen LogP contribution in [0.1, 0.15) is 29.7 Å². The predicted molar refractivity (Wildman–Crippen MR) is 86.9 cm³/mol. The van der Waals surface area contributed by atoms with E-state index >= 15 is 0 Å². The second-order valence-corrected chi connectivity index (χ2v) is 6.22. The van der Waals surface area contributed by atoms with E-state index in [4.69, 9.17) is 4.74 Å². The van der Waals surface area contributed by atoms with Crippen molar-refractivity contribution >= 4 is 22.7 Å². The largest absolute Gasteiger partial charge is 0.376 e. The SMILES string of the molecule is Cc1csc(NN=Cc2ccc(COCC3CC3)cc2)n1. The van der Waals surface area contributed by atoms with Gasteiger partial charge in [0.15, 0.2) is 0 Å². The third-order valence-electron chi connectivity index (χ3n) is 3.29. The van der Waals surface area contributed by atoms with Crippen molar-refractivity contribution in [1.29, 1.82) is 0 Å². The Labute approximate surface area is 128 Å². The molecule has 0 bridgehead atoms. The molecule has 1 heterocycles. The number of aromatic nitrogens is 1. The van der Waals surface area contributed by atoms with Crippen LogP contribution in [0.15, 0.2) is 34.7 Å². The van der Waals surface area contributed by atoms with Crippen LogP contribution in [0.25, 0.3) is 0 Å². The molecule has 110 valence electrons. The fourth-order valence-electron chi connectivity index (χ4n) is 1.90. The zero-order chi connectivity index (χ0) is 14.5. The molecule has 1 fully saturated rings. The van der Waals surface area contributed by atoms with Crippen molar-refractivity contribution in [1.82, 2.24) is 4.98 Å². The molecule has 4 nitrogen and oxygen atoms in total. The summed E-state index contributed by atoms with van der Waals surface area (Å²) >= 11 is 1.55. The molecule has 1 aliphatic carbocycles. The Bertz CT molecular complexity index is 602. The minimum atomic E-state index is 0.699. The minimum absolute atomic E-state index is 0.699. The van der Waals surface area contributed by atoms with Gasteiger partial charge in [0.05, 0.1) is 18.5 Å². The van der Waals surface area contributed by atoms with Crippen molar-refractivity contribution in [3.05, 3.63) is 46.5 Å². The number of nitrogens with zero attached hydrogens (tertiary/aromatic N) is 2. The number of rotatable bonds is 7. The number of nitrogens with one attached hydrogen (secondary N) is 1. The summed E-state index contributed by atoms with van der Waals surface area (Å²) in [5.74, 6) is 0.817. The number of benzene rings is 1. The van der Waals surface area contributed by atoms with Gasteiger partial charge in [0, 0.05) is 12.0 Å². The summed E-state index contributed by atoms with van der Waals surface area (Å²) in [6.07, 6.45) is 4.47. The molecule has 0 aliphatic heterocycles. The van der Waals surface area contributed by atoms with Crippen molar-refractivity contribution in [3.8, 4) is 0 Å². The predicted octanol–water partition coefficient (Wildman–Crippen LogP) is 3.82. The van der Waals surface area contributed by atoms with E-state index in [2.05, 4.69) is 27.6 Å². The molecule has 5 heteroatoms. The first-order valence-corrected chi connectivity index (χ1v) is 8.05. The summed E-state index contributed by atoms with van der Waals surface area (Å²) in [7, 11) is 0. The standard InChI is InChI=1S/C16H19N3OS/c1-12-11-21-16(18-12)19-17-8-13-2-4-14(5-3-13)9-20-10-15-6-7-15/h2-5,8,11,15H,6-7,9-10H2,1H3,(H,18,19). The Hall–Kier alpha value is -1.72. The zero-order valence-electron chi connectivity index (χ0n) is 12.1. The van der Waals surface area contributed by atoms with E-state index < -0.39 is 0 Å². The molecule has 1 aromatic carbocycles. The van der Waals surface area contributed by atoms with Crippen LogP contribution < -0.4 is 5.43 Å². The van der Waals surface area contributed by atoms with E-state index in [1.165, 1.54) is 18.4 Å². The van der Waals surface area contributed by atoms with Gasteiger partial charge in [-0.2, -0.15) is 5.10 Å². The van der Waals surface area contributed by atoms with Crippen molar-refractivity contribution < 1.29 is 4.74 Å². The van der Waals surface area contributed by atoms with Crippen LogP contribution >= 0.6 is 11.3 Å². The first kappa shape index (κ1) is 14.2. The van der Waals surface area contributed by atoms with Gasteiger partial charge in [0.2, 0.25) is 5.13 Å². The highest BCUT2D eigenvalue weighted by atomic mass is 32.1. The van der Waals surface area contributed by atoms with E-state index in [1.807, 2.05) is 24.4 Å². The van der Waals surface area contributed by atoms with Gasteiger partial charge in [-0.05, 0) is 36.8 Å². The lowest BCUT2D eigenvalue weighted by molar-refractivity contribution is 0.111. The van der Waals surface area contributed by atoms with E-state index in [0.29, 0.717) is 6.61 Å². The molecule has 0 spiro atoms. The van der Waals surface area contributed by atoms with Gasteiger partial charge >= 0.3 is 0 Å². The topological polar surface area (TPSA) is 46.5 Å². The molecule has 21 heavy (non-hydrogen) atoms. The Kier molecular flexibility index (Phi) is 4.62. The number of aryl methyl sites for hydroxylation is 1. The molecule has 1 aliphatic rings. The van der Waals surface area contributed by atoms with Gasteiger partial charge in [-0.1, -0.05) is 24.3 Å². The molecule has 0 radical (unpaired) electrons. The van der Waals surface area contributed by atoms with Crippen LogP contribution in [-0.4, -0.2) is 17.8 Å². The number of anilines is 1. The molecule has 3 rings (SSSR count). The lowest BCUT2D eigenvalue weighted by Crippen LogP contribution is -1.97. The second kappa shape index (κ2) is 6.83. The van der Waals surface area contributed by atoms with Crippen molar-refractivity contribution in [2.75, 3.05) is 12.0 Å². The van der Waals surface area contributed by atoms with E-state index in [-0.39, 0.29) is 0 Å². The molecule has 0 saturated heterocycles. The van der Waals surface area contributed by atoms with Gasteiger partial charge in [0.25, 0.3) is 0 Å². The van der Waals surface area contributed by atoms with Gasteiger partial charge < -0.3 is 4.74 Å². The molecule has 1 saturated carbocycles. The Morgan fingerprint density at radius 1 is 1.38 bits per heavy atom. The maximum absolute atomic E-state index is 5.67. The number of ether oxygens (including phenoxy) is 1. The Balaban J connectivity index is 1.46. The van der Waals surface area contributed by atoms with Crippen LogP contribution in [-0.2, 0) is 11.3 Å². The Morgan fingerprint density at radius 3 is 2.86 bits per heavy atom. The number of hydrogen-bond acceptors (Lipinski definition) is 5. The molecule has 0 unspecified atom stereocenters. The van der Waals surface area contributed by atoms with E-state index in [0.717, 1.165) is 28.9 Å². The summed E-state index contributed by atoms with van der Waals surface area (Å²) in [5.41, 5.74) is 6.20. The zero-order valence-corrected chi connectivity index (χ0v) is 12.9. The van der Waals surface area contributed by atoms with Gasteiger partial charge in [-0.15, -0.1) is 11.3 Å². The minimum Gasteiger partial charge on any atom is -0.376 e. The van der Waals surface area contributed by atoms with Crippen LogP contribution in [0.3, 0.4) is 0 Å². The molecular formula is C16H19N3OS. The number of hydrazone groups is 1.